The van der Waals surface area contributed by atoms with E-state index in [-0.39, 0.29) is 0 Å². The number of rotatable bonds is 3. The molecule has 0 radical (unpaired) electrons. The van der Waals surface area contributed by atoms with Crippen LogP contribution in [0.4, 0.5) is 0 Å². The van der Waals surface area contributed by atoms with Gasteiger partial charge in [-0.3, -0.25) is 0 Å². The zero-order valence-electron chi connectivity index (χ0n) is 10.0. The van der Waals surface area contributed by atoms with Gasteiger partial charge in [0.05, 0.1) is 7.11 Å². The topological polar surface area (TPSA) is 29.5 Å². The van der Waals surface area contributed by atoms with Crippen LogP contribution in [0.15, 0.2) is 40.9 Å². The summed E-state index contributed by atoms with van der Waals surface area (Å²) < 4.78 is 5.87. The van der Waals surface area contributed by atoms with E-state index in [4.69, 9.17) is 27.9 Å². The van der Waals surface area contributed by atoms with Crippen LogP contribution >= 0.6 is 39.1 Å². The minimum absolute atomic E-state index is 0.433. The smallest absolute Gasteiger partial charge is 0.120 e. The lowest BCUT2D eigenvalue weighted by Gasteiger charge is -2.15. The molecule has 1 N–H and O–H groups in total. The minimum Gasteiger partial charge on any atom is -0.497 e. The first-order chi connectivity index (χ1) is 9.02. The third-order valence-corrected chi connectivity index (χ3v) is 4.01. The molecule has 0 aliphatic heterocycles. The molecule has 0 fully saturated rings. The molecule has 0 saturated carbocycles. The summed E-state index contributed by atoms with van der Waals surface area (Å²) >= 11 is 15.4. The molecule has 1 atom stereocenters. The van der Waals surface area contributed by atoms with E-state index < -0.39 is 6.10 Å². The van der Waals surface area contributed by atoms with E-state index in [0.29, 0.717) is 26.9 Å². The molecule has 5 heteroatoms. The lowest BCUT2D eigenvalue weighted by Crippen LogP contribution is -2.01. The average molecular weight is 362 g/mol. The number of aliphatic hydroxyl groups excluding tert-OH is 1. The number of benzene rings is 2. The summed E-state index contributed by atoms with van der Waals surface area (Å²) in [6, 6.07) is 10.4. The maximum atomic E-state index is 10.4. The quantitative estimate of drug-likeness (QED) is 0.846. The lowest BCUT2D eigenvalue weighted by atomic mass is 10.0. The van der Waals surface area contributed by atoms with E-state index in [1.54, 1.807) is 43.5 Å². The Balaban J connectivity index is 2.41. The number of ether oxygens (including phenoxy) is 1. The summed E-state index contributed by atoms with van der Waals surface area (Å²) in [5.74, 6) is 0.713. The SMILES string of the molecule is COc1ccc(C(O)c2ccc(Cl)cc2Cl)c(Br)c1. The first-order valence-electron chi connectivity index (χ1n) is 5.49. The minimum atomic E-state index is -0.829. The van der Waals surface area contributed by atoms with Crippen LogP contribution in [0, 0.1) is 0 Å². The molecule has 0 amide bonds. The fourth-order valence-corrected chi connectivity index (χ4v) is 2.83. The maximum absolute atomic E-state index is 10.4. The second-order valence-electron chi connectivity index (χ2n) is 3.96. The summed E-state index contributed by atoms with van der Waals surface area (Å²) in [7, 11) is 1.59. The van der Waals surface area contributed by atoms with Gasteiger partial charge in [0, 0.05) is 20.1 Å². The second-order valence-corrected chi connectivity index (χ2v) is 5.65. The summed E-state index contributed by atoms with van der Waals surface area (Å²) in [5, 5.41) is 11.4. The zero-order valence-corrected chi connectivity index (χ0v) is 13.1. The van der Waals surface area contributed by atoms with Gasteiger partial charge in [0.25, 0.3) is 0 Å². The molecule has 0 saturated heterocycles. The third kappa shape index (κ3) is 3.23. The lowest BCUT2D eigenvalue weighted by molar-refractivity contribution is 0.219. The number of aliphatic hydroxyl groups is 1. The fraction of sp³-hybridized carbons (Fsp3) is 0.143. The summed E-state index contributed by atoms with van der Waals surface area (Å²) in [6.07, 6.45) is -0.829. The van der Waals surface area contributed by atoms with Crippen molar-refractivity contribution in [1.82, 2.24) is 0 Å². The number of methoxy groups -OCH3 is 1. The standard InChI is InChI=1S/C14H11BrCl2O2/c1-19-9-3-5-10(12(15)7-9)14(18)11-4-2-8(16)6-13(11)17/h2-7,14,18H,1H3. The highest BCUT2D eigenvalue weighted by atomic mass is 79.9. The van der Waals surface area contributed by atoms with Gasteiger partial charge in [0.15, 0.2) is 0 Å². The number of hydrogen-bond acceptors (Lipinski definition) is 2. The van der Waals surface area contributed by atoms with E-state index in [0.717, 1.165) is 4.47 Å². The summed E-state index contributed by atoms with van der Waals surface area (Å²) in [5.41, 5.74) is 1.32. The second kappa shape index (κ2) is 6.14. The van der Waals surface area contributed by atoms with Crippen LogP contribution < -0.4 is 4.74 Å². The van der Waals surface area contributed by atoms with Gasteiger partial charge in [-0.05, 0) is 29.8 Å². The average Bonchev–Trinajstić information content (AvgIpc) is 2.37. The Kier molecular flexibility index (Phi) is 4.74. The summed E-state index contributed by atoms with van der Waals surface area (Å²) in [4.78, 5) is 0. The van der Waals surface area contributed by atoms with E-state index in [1.165, 1.54) is 0 Å². The molecule has 2 aromatic carbocycles. The molecule has 2 aromatic rings. The highest BCUT2D eigenvalue weighted by molar-refractivity contribution is 9.10. The molecule has 0 spiro atoms. The molecule has 0 aliphatic rings. The van der Waals surface area contributed by atoms with Crippen LogP contribution in [-0.4, -0.2) is 12.2 Å². The van der Waals surface area contributed by atoms with E-state index in [9.17, 15) is 5.11 Å². The molecule has 0 aromatic heterocycles. The van der Waals surface area contributed by atoms with Crippen molar-refractivity contribution in [2.45, 2.75) is 6.10 Å². The fourth-order valence-electron chi connectivity index (χ4n) is 1.75. The molecule has 0 heterocycles. The molecule has 0 bridgehead atoms. The van der Waals surface area contributed by atoms with Gasteiger partial charge in [0.2, 0.25) is 0 Å². The van der Waals surface area contributed by atoms with Crippen molar-refractivity contribution in [3.63, 3.8) is 0 Å². The predicted octanol–water partition coefficient (Wildman–Crippen LogP) is 4.85. The highest BCUT2D eigenvalue weighted by Crippen LogP contribution is 2.35. The molecular weight excluding hydrogens is 351 g/mol. The van der Waals surface area contributed by atoms with Gasteiger partial charge in [-0.1, -0.05) is 51.3 Å². The van der Waals surface area contributed by atoms with E-state index in [1.807, 2.05) is 0 Å². The van der Waals surface area contributed by atoms with Crippen LogP contribution in [0.1, 0.15) is 17.2 Å². The van der Waals surface area contributed by atoms with Gasteiger partial charge >= 0.3 is 0 Å². The Morgan fingerprint density at radius 2 is 1.79 bits per heavy atom. The third-order valence-electron chi connectivity index (χ3n) is 2.76. The molecule has 100 valence electrons. The zero-order chi connectivity index (χ0) is 14.0. The van der Waals surface area contributed by atoms with E-state index >= 15 is 0 Å². The van der Waals surface area contributed by atoms with E-state index in [2.05, 4.69) is 15.9 Å². The van der Waals surface area contributed by atoms with Gasteiger partial charge in [-0.25, -0.2) is 0 Å². The molecule has 2 rings (SSSR count). The van der Waals surface area contributed by atoms with Crippen molar-refractivity contribution in [3.05, 3.63) is 62.0 Å². The van der Waals surface area contributed by atoms with Crippen molar-refractivity contribution in [2.24, 2.45) is 0 Å². The van der Waals surface area contributed by atoms with Gasteiger partial charge < -0.3 is 9.84 Å². The Morgan fingerprint density at radius 1 is 1.11 bits per heavy atom. The van der Waals surface area contributed by atoms with Gasteiger partial charge in [-0.15, -0.1) is 0 Å². The Labute approximate surface area is 130 Å². The number of hydrogen-bond donors (Lipinski definition) is 1. The predicted molar refractivity (Wildman–Crippen MR) is 81.2 cm³/mol. The van der Waals surface area contributed by atoms with Gasteiger partial charge in [-0.2, -0.15) is 0 Å². The molecular formula is C14H11BrCl2O2. The van der Waals surface area contributed by atoms with Crippen molar-refractivity contribution in [2.75, 3.05) is 7.11 Å². The van der Waals surface area contributed by atoms with Crippen LogP contribution in [0.5, 0.6) is 5.75 Å². The van der Waals surface area contributed by atoms with Crippen LogP contribution in [0.25, 0.3) is 0 Å². The monoisotopic (exact) mass is 360 g/mol. The van der Waals surface area contributed by atoms with Crippen LogP contribution in [-0.2, 0) is 0 Å². The maximum Gasteiger partial charge on any atom is 0.120 e. The van der Waals surface area contributed by atoms with Crippen LogP contribution in [0.2, 0.25) is 10.0 Å². The highest BCUT2D eigenvalue weighted by Gasteiger charge is 2.17. The van der Waals surface area contributed by atoms with Crippen molar-refractivity contribution >= 4 is 39.1 Å². The van der Waals surface area contributed by atoms with Gasteiger partial charge in [0.1, 0.15) is 11.9 Å². The molecule has 0 aliphatic carbocycles. The Morgan fingerprint density at radius 3 is 2.37 bits per heavy atom. The van der Waals surface area contributed by atoms with Crippen molar-refractivity contribution in [3.8, 4) is 5.75 Å². The van der Waals surface area contributed by atoms with Crippen LogP contribution in [0.3, 0.4) is 0 Å². The molecule has 2 nitrogen and oxygen atoms in total. The first-order valence-corrected chi connectivity index (χ1v) is 7.04. The van der Waals surface area contributed by atoms with Crippen molar-refractivity contribution in [1.29, 1.82) is 0 Å². The summed E-state index contributed by atoms with van der Waals surface area (Å²) in [6.45, 7) is 0. The molecule has 19 heavy (non-hydrogen) atoms. The molecule has 1 unspecified atom stereocenters. The number of halogens is 3. The largest absolute Gasteiger partial charge is 0.497 e. The first kappa shape index (κ1) is 14.7. The Bertz CT molecular complexity index is 602. The van der Waals surface area contributed by atoms with Crippen molar-refractivity contribution < 1.29 is 9.84 Å². The Hall–Kier alpha value is -0.740. The normalized spacial score (nSPS) is 12.3.